The molecule has 0 radical (unpaired) electrons. The Kier molecular flexibility index (Phi) is 5.61. The summed E-state index contributed by atoms with van der Waals surface area (Å²) < 4.78 is 0. The Bertz CT molecular complexity index is 646. The minimum atomic E-state index is -0.473. The van der Waals surface area contributed by atoms with Gasteiger partial charge in [0.05, 0.1) is 16.8 Å². The van der Waals surface area contributed by atoms with Crippen molar-refractivity contribution < 1.29 is 9.59 Å². The molecule has 2 aliphatic heterocycles. The zero-order valence-electron chi connectivity index (χ0n) is 14.7. The van der Waals surface area contributed by atoms with Crippen molar-refractivity contribution in [2.75, 3.05) is 44.7 Å². The lowest BCUT2D eigenvalue weighted by Gasteiger charge is -2.35. The number of hydrogen-bond acceptors (Lipinski definition) is 4. The molecule has 7 heteroatoms. The summed E-state index contributed by atoms with van der Waals surface area (Å²) in [6.07, 6.45) is 0.602. The lowest BCUT2D eigenvalue weighted by atomic mass is 10.2. The number of anilines is 1. The number of rotatable bonds is 4. The summed E-state index contributed by atoms with van der Waals surface area (Å²) in [5, 5.41) is 3.48. The minimum absolute atomic E-state index is 0.0797. The van der Waals surface area contributed by atoms with Crippen LogP contribution in [-0.2, 0) is 9.59 Å². The van der Waals surface area contributed by atoms with Crippen molar-refractivity contribution in [2.45, 2.75) is 25.4 Å². The average Bonchev–Trinajstić information content (AvgIpc) is 2.96. The second-order valence-electron chi connectivity index (χ2n) is 6.81. The molecule has 2 atom stereocenters. The van der Waals surface area contributed by atoms with Crippen LogP contribution in [0.15, 0.2) is 24.3 Å². The summed E-state index contributed by atoms with van der Waals surface area (Å²) in [4.78, 5) is 31.3. The van der Waals surface area contributed by atoms with Crippen molar-refractivity contribution in [3.05, 3.63) is 29.3 Å². The molecule has 0 aromatic heterocycles. The number of carbonyl (C=O) groups excluding carboxylic acids is 2. The Hall–Kier alpha value is -1.63. The Labute approximate surface area is 153 Å². The standard InChI is InChI=1S/C18H25ClN4O2/c1-13(22-11-9-21(2)10-12-22)17(24)20-15-7-8-23(18(15)25)16-6-4-3-5-14(16)19/h3-6,13,15H,7-12H2,1-2H3,(H,20,24)/t13-,15+/m0/s1. The van der Waals surface area contributed by atoms with Gasteiger partial charge in [0.1, 0.15) is 6.04 Å². The third kappa shape index (κ3) is 3.97. The topological polar surface area (TPSA) is 55.9 Å². The summed E-state index contributed by atoms with van der Waals surface area (Å²) in [5.74, 6) is -0.170. The Morgan fingerprint density at radius 2 is 1.88 bits per heavy atom. The van der Waals surface area contributed by atoms with E-state index in [2.05, 4.69) is 22.2 Å². The minimum Gasteiger partial charge on any atom is -0.343 e. The van der Waals surface area contributed by atoms with E-state index in [0.29, 0.717) is 23.7 Å². The van der Waals surface area contributed by atoms with Crippen LogP contribution in [0.25, 0.3) is 0 Å². The Balaban J connectivity index is 1.59. The molecule has 2 aliphatic rings. The molecule has 1 aromatic rings. The molecule has 0 aliphatic carbocycles. The molecular formula is C18H25ClN4O2. The normalized spacial score (nSPS) is 23.7. The van der Waals surface area contributed by atoms with E-state index in [-0.39, 0.29) is 17.9 Å². The largest absolute Gasteiger partial charge is 0.343 e. The average molecular weight is 365 g/mol. The summed E-state index contributed by atoms with van der Waals surface area (Å²) in [5.41, 5.74) is 0.707. The molecule has 0 unspecified atom stereocenters. The van der Waals surface area contributed by atoms with E-state index in [9.17, 15) is 9.59 Å². The molecule has 25 heavy (non-hydrogen) atoms. The number of carbonyl (C=O) groups is 2. The van der Waals surface area contributed by atoms with Gasteiger partial charge in [0.2, 0.25) is 11.8 Å². The van der Waals surface area contributed by atoms with Gasteiger partial charge in [-0.25, -0.2) is 0 Å². The third-order valence-corrected chi connectivity index (χ3v) is 5.45. The van der Waals surface area contributed by atoms with Crippen LogP contribution in [0.2, 0.25) is 5.02 Å². The number of para-hydroxylation sites is 1. The lowest BCUT2D eigenvalue weighted by Crippen LogP contribution is -2.55. The SMILES string of the molecule is C[C@@H](C(=O)N[C@@H]1CCN(c2ccccc2Cl)C1=O)N1CCN(C)CC1. The number of hydrogen-bond donors (Lipinski definition) is 1. The fourth-order valence-corrected chi connectivity index (χ4v) is 3.63. The number of nitrogens with one attached hydrogen (secondary N) is 1. The van der Waals surface area contributed by atoms with Gasteiger partial charge in [-0.2, -0.15) is 0 Å². The maximum Gasteiger partial charge on any atom is 0.249 e. The number of piperazine rings is 1. The highest BCUT2D eigenvalue weighted by atomic mass is 35.5. The molecular weight excluding hydrogens is 340 g/mol. The number of likely N-dealkylation sites (N-methyl/N-ethyl adjacent to an activating group) is 1. The first-order valence-electron chi connectivity index (χ1n) is 8.76. The Morgan fingerprint density at radius 1 is 1.20 bits per heavy atom. The number of amides is 2. The van der Waals surface area contributed by atoms with Gasteiger partial charge in [-0.3, -0.25) is 14.5 Å². The molecule has 6 nitrogen and oxygen atoms in total. The summed E-state index contributed by atoms with van der Waals surface area (Å²) in [6, 6.07) is 6.59. The molecule has 2 heterocycles. The van der Waals surface area contributed by atoms with Gasteiger partial charge in [0.25, 0.3) is 0 Å². The molecule has 0 spiro atoms. The van der Waals surface area contributed by atoms with Gasteiger partial charge >= 0.3 is 0 Å². The van der Waals surface area contributed by atoms with Crippen LogP contribution in [0.1, 0.15) is 13.3 Å². The van der Waals surface area contributed by atoms with Crippen molar-refractivity contribution in [3.63, 3.8) is 0 Å². The fourth-order valence-electron chi connectivity index (χ4n) is 3.39. The van der Waals surface area contributed by atoms with Crippen molar-refractivity contribution in [1.29, 1.82) is 0 Å². The molecule has 136 valence electrons. The first-order chi connectivity index (χ1) is 12.0. The van der Waals surface area contributed by atoms with Crippen LogP contribution >= 0.6 is 11.6 Å². The predicted molar refractivity (Wildman–Crippen MR) is 98.9 cm³/mol. The second kappa shape index (κ2) is 7.72. The zero-order valence-corrected chi connectivity index (χ0v) is 15.5. The van der Waals surface area contributed by atoms with Crippen molar-refractivity contribution in [2.24, 2.45) is 0 Å². The van der Waals surface area contributed by atoms with Crippen molar-refractivity contribution in [1.82, 2.24) is 15.1 Å². The zero-order chi connectivity index (χ0) is 18.0. The van der Waals surface area contributed by atoms with Gasteiger partial charge in [-0.1, -0.05) is 23.7 Å². The van der Waals surface area contributed by atoms with E-state index in [1.165, 1.54) is 0 Å². The molecule has 2 fully saturated rings. The van der Waals surface area contributed by atoms with Gasteiger partial charge in [-0.15, -0.1) is 0 Å². The molecule has 0 bridgehead atoms. The first kappa shape index (κ1) is 18.2. The maximum absolute atomic E-state index is 12.7. The van der Waals surface area contributed by atoms with E-state index < -0.39 is 6.04 Å². The molecule has 2 amide bonds. The van der Waals surface area contributed by atoms with Gasteiger partial charge < -0.3 is 15.1 Å². The molecule has 1 N–H and O–H groups in total. The van der Waals surface area contributed by atoms with Crippen molar-refractivity contribution in [3.8, 4) is 0 Å². The third-order valence-electron chi connectivity index (χ3n) is 5.13. The molecule has 1 aromatic carbocycles. The van der Waals surface area contributed by atoms with E-state index in [0.717, 1.165) is 26.2 Å². The predicted octanol–water partition coefficient (Wildman–Crippen LogP) is 1.20. The fraction of sp³-hybridized carbons (Fsp3) is 0.556. The monoisotopic (exact) mass is 364 g/mol. The number of nitrogens with zero attached hydrogens (tertiary/aromatic N) is 3. The first-order valence-corrected chi connectivity index (χ1v) is 9.14. The van der Waals surface area contributed by atoms with Crippen LogP contribution in [0, 0.1) is 0 Å². The highest BCUT2D eigenvalue weighted by Crippen LogP contribution is 2.29. The summed E-state index contributed by atoms with van der Waals surface area (Å²) in [7, 11) is 2.09. The van der Waals surface area contributed by atoms with Crippen molar-refractivity contribution >= 4 is 29.1 Å². The van der Waals surface area contributed by atoms with Gasteiger partial charge in [-0.05, 0) is 32.5 Å². The lowest BCUT2D eigenvalue weighted by molar-refractivity contribution is -0.130. The Morgan fingerprint density at radius 3 is 2.56 bits per heavy atom. The molecule has 0 saturated carbocycles. The van der Waals surface area contributed by atoms with Crippen LogP contribution < -0.4 is 10.2 Å². The maximum atomic E-state index is 12.7. The van der Waals surface area contributed by atoms with E-state index in [1.54, 1.807) is 11.0 Å². The van der Waals surface area contributed by atoms with E-state index in [1.807, 2.05) is 25.1 Å². The van der Waals surface area contributed by atoms with Gasteiger partial charge in [0.15, 0.2) is 0 Å². The number of benzene rings is 1. The summed E-state index contributed by atoms with van der Waals surface area (Å²) >= 11 is 6.19. The highest BCUT2D eigenvalue weighted by molar-refractivity contribution is 6.34. The number of halogens is 1. The van der Waals surface area contributed by atoms with Gasteiger partial charge in [0, 0.05) is 32.7 Å². The second-order valence-corrected chi connectivity index (χ2v) is 7.21. The van der Waals surface area contributed by atoms with Crippen LogP contribution in [0.3, 0.4) is 0 Å². The van der Waals surface area contributed by atoms with Crippen LogP contribution in [0.5, 0.6) is 0 Å². The quantitative estimate of drug-likeness (QED) is 0.872. The highest BCUT2D eigenvalue weighted by Gasteiger charge is 2.36. The smallest absolute Gasteiger partial charge is 0.249 e. The van der Waals surface area contributed by atoms with E-state index >= 15 is 0 Å². The van der Waals surface area contributed by atoms with Crippen LogP contribution in [-0.4, -0.2) is 73.5 Å². The van der Waals surface area contributed by atoms with E-state index in [4.69, 9.17) is 11.6 Å². The molecule has 3 rings (SSSR count). The molecule has 2 saturated heterocycles. The summed E-state index contributed by atoms with van der Waals surface area (Å²) in [6.45, 7) is 6.13. The van der Waals surface area contributed by atoms with Crippen LogP contribution in [0.4, 0.5) is 5.69 Å².